The molecule has 10 heavy (non-hydrogen) atoms. The fraction of sp³-hybridized carbons (Fsp3) is 0.250. The second-order valence-electron chi connectivity index (χ2n) is 2.20. The minimum absolute atomic E-state index is 0.106. The van der Waals surface area contributed by atoms with Crippen LogP contribution < -0.4 is 0 Å². The summed E-state index contributed by atoms with van der Waals surface area (Å²) in [5.41, 5.74) is 1.12. The van der Waals surface area contributed by atoms with Crippen LogP contribution in [0.5, 0.6) is 0 Å². The van der Waals surface area contributed by atoms with Gasteiger partial charge in [0.05, 0.1) is 6.61 Å². The van der Waals surface area contributed by atoms with Crippen LogP contribution in [0.3, 0.4) is 0 Å². The first kappa shape index (κ1) is 7.09. The van der Waals surface area contributed by atoms with Crippen molar-refractivity contribution in [3.8, 4) is 0 Å². The normalized spacial score (nSPS) is 11.0. The van der Waals surface area contributed by atoms with Gasteiger partial charge in [0.2, 0.25) is 0 Å². The number of aliphatic hydroxyl groups is 1. The van der Waals surface area contributed by atoms with Gasteiger partial charge in [0.15, 0.2) is 0 Å². The quantitative estimate of drug-likeness (QED) is 0.647. The molecule has 0 aromatic carbocycles. The summed E-state index contributed by atoms with van der Waals surface area (Å²) in [6, 6.07) is 1.99. The van der Waals surface area contributed by atoms with Gasteiger partial charge < -0.3 is 9.67 Å². The Bertz CT molecular complexity index is 225. The molecule has 1 aromatic rings. The second-order valence-corrected chi connectivity index (χ2v) is 2.20. The molecule has 0 aliphatic carbocycles. The lowest BCUT2D eigenvalue weighted by Crippen LogP contribution is -1.77. The predicted octanol–water partition coefficient (Wildman–Crippen LogP) is 1.03. The Labute approximate surface area is 60.4 Å². The maximum Gasteiger partial charge on any atom is 0.0615 e. The highest BCUT2D eigenvalue weighted by atomic mass is 16.2. The van der Waals surface area contributed by atoms with Crippen LogP contribution in [0.4, 0.5) is 0 Å². The van der Waals surface area contributed by atoms with Crippen molar-refractivity contribution in [2.45, 2.75) is 0 Å². The van der Waals surface area contributed by atoms with Crippen LogP contribution in [0, 0.1) is 0 Å². The van der Waals surface area contributed by atoms with Crippen LogP contribution in [-0.2, 0) is 7.05 Å². The number of nitrogens with zero attached hydrogens (tertiary/aromatic N) is 1. The third kappa shape index (κ3) is 1.74. The van der Waals surface area contributed by atoms with E-state index in [1.165, 1.54) is 0 Å². The lowest BCUT2D eigenvalue weighted by molar-refractivity contribution is 0.343. The van der Waals surface area contributed by atoms with Gasteiger partial charge in [0.1, 0.15) is 0 Å². The van der Waals surface area contributed by atoms with Crippen LogP contribution in [0.15, 0.2) is 24.5 Å². The van der Waals surface area contributed by atoms with Crippen molar-refractivity contribution in [1.82, 2.24) is 4.57 Å². The topological polar surface area (TPSA) is 25.2 Å². The third-order valence-corrected chi connectivity index (χ3v) is 1.27. The molecule has 0 atom stereocenters. The molecular weight excluding hydrogens is 126 g/mol. The van der Waals surface area contributed by atoms with Crippen molar-refractivity contribution in [2.24, 2.45) is 7.05 Å². The molecule has 0 saturated carbocycles. The molecule has 54 valence electrons. The zero-order valence-corrected chi connectivity index (χ0v) is 5.99. The van der Waals surface area contributed by atoms with Gasteiger partial charge in [0.25, 0.3) is 0 Å². The summed E-state index contributed by atoms with van der Waals surface area (Å²) in [5, 5.41) is 8.44. The molecule has 2 nitrogen and oxygen atoms in total. The number of rotatable bonds is 2. The maximum absolute atomic E-state index is 8.44. The van der Waals surface area contributed by atoms with Gasteiger partial charge in [-0.2, -0.15) is 0 Å². The van der Waals surface area contributed by atoms with E-state index in [2.05, 4.69) is 0 Å². The third-order valence-electron chi connectivity index (χ3n) is 1.27. The average molecular weight is 137 g/mol. The highest BCUT2D eigenvalue weighted by Crippen LogP contribution is 2.00. The fourth-order valence-electron chi connectivity index (χ4n) is 0.812. The van der Waals surface area contributed by atoms with Crippen molar-refractivity contribution in [3.63, 3.8) is 0 Å². The summed E-state index contributed by atoms with van der Waals surface area (Å²) in [5.74, 6) is 0. The summed E-state index contributed by atoms with van der Waals surface area (Å²) >= 11 is 0. The lowest BCUT2D eigenvalue weighted by atomic mass is 10.3. The van der Waals surface area contributed by atoms with E-state index in [0.717, 1.165) is 5.56 Å². The predicted molar refractivity (Wildman–Crippen MR) is 41.5 cm³/mol. The summed E-state index contributed by atoms with van der Waals surface area (Å²) in [6.45, 7) is 0.106. The Kier molecular flexibility index (Phi) is 2.29. The van der Waals surface area contributed by atoms with Crippen molar-refractivity contribution >= 4 is 6.08 Å². The van der Waals surface area contributed by atoms with Crippen molar-refractivity contribution < 1.29 is 5.11 Å². The molecule has 0 unspecified atom stereocenters. The molecule has 1 heterocycles. The first-order valence-electron chi connectivity index (χ1n) is 3.22. The van der Waals surface area contributed by atoms with Crippen LogP contribution in [0.1, 0.15) is 5.56 Å². The summed E-state index contributed by atoms with van der Waals surface area (Å²) in [7, 11) is 1.97. The van der Waals surface area contributed by atoms with E-state index >= 15 is 0 Å². The molecule has 2 heteroatoms. The van der Waals surface area contributed by atoms with E-state index in [9.17, 15) is 0 Å². The highest BCUT2D eigenvalue weighted by Gasteiger charge is 1.85. The SMILES string of the molecule is Cn1ccc(/C=C/CO)c1. The zero-order chi connectivity index (χ0) is 7.40. The smallest absolute Gasteiger partial charge is 0.0615 e. The van der Waals surface area contributed by atoms with E-state index in [4.69, 9.17) is 5.11 Å². The Balaban J connectivity index is 2.67. The van der Waals surface area contributed by atoms with Gasteiger partial charge in [0, 0.05) is 19.4 Å². The minimum atomic E-state index is 0.106. The van der Waals surface area contributed by atoms with Gasteiger partial charge in [-0.05, 0) is 11.6 Å². The molecule has 0 radical (unpaired) electrons. The molecular formula is C8H11NO. The molecule has 0 fully saturated rings. The van der Waals surface area contributed by atoms with Crippen molar-refractivity contribution in [1.29, 1.82) is 0 Å². The first-order valence-corrected chi connectivity index (χ1v) is 3.22. The summed E-state index contributed by atoms with van der Waals surface area (Å²) in [6.07, 6.45) is 7.57. The Hall–Kier alpha value is -1.02. The van der Waals surface area contributed by atoms with Crippen LogP contribution in [0.25, 0.3) is 6.08 Å². The van der Waals surface area contributed by atoms with Gasteiger partial charge in [-0.1, -0.05) is 12.2 Å². The molecule has 1 aromatic heterocycles. The van der Waals surface area contributed by atoms with Gasteiger partial charge in [-0.25, -0.2) is 0 Å². The lowest BCUT2D eigenvalue weighted by Gasteiger charge is -1.83. The molecule has 0 amide bonds. The van der Waals surface area contributed by atoms with E-state index in [-0.39, 0.29) is 6.61 Å². The van der Waals surface area contributed by atoms with Crippen LogP contribution >= 0.6 is 0 Å². The van der Waals surface area contributed by atoms with Crippen molar-refractivity contribution in [2.75, 3.05) is 6.61 Å². The first-order chi connectivity index (χ1) is 4.83. The molecule has 0 saturated heterocycles. The van der Waals surface area contributed by atoms with Crippen LogP contribution in [0.2, 0.25) is 0 Å². The molecule has 1 N–H and O–H groups in total. The summed E-state index contributed by atoms with van der Waals surface area (Å²) < 4.78 is 1.97. The number of aryl methyl sites for hydroxylation is 1. The Morgan fingerprint density at radius 1 is 1.70 bits per heavy atom. The number of aromatic nitrogens is 1. The minimum Gasteiger partial charge on any atom is -0.392 e. The van der Waals surface area contributed by atoms with E-state index in [0.29, 0.717) is 0 Å². The largest absolute Gasteiger partial charge is 0.392 e. The fourth-order valence-corrected chi connectivity index (χ4v) is 0.812. The summed E-state index contributed by atoms with van der Waals surface area (Å²) in [4.78, 5) is 0. The van der Waals surface area contributed by atoms with E-state index < -0.39 is 0 Å². The Morgan fingerprint density at radius 2 is 2.50 bits per heavy atom. The number of hydrogen-bond donors (Lipinski definition) is 1. The second kappa shape index (κ2) is 3.22. The standard InChI is InChI=1S/C8H11NO/c1-9-5-4-8(7-9)3-2-6-10/h2-5,7,10H,6H2,1H3/b3-2+. The maximum atomic E-state index is 8.44. The highest BCUT2D eigenvalue weighted by molar-refractivity contribution is 5.47. The molecule has 0 aliphatic rings. The van der Waals surface area contributed by atoms with Crippen molar-refractivity contribution in [3.05, 3.63) is 30.1 Å². The molecule has 0 spiro atoms. The van der Waals surface area contributed by atoms with Gasteiger partial charge in [-0.15, -0.1) is 0 Å². The van der Waals surface area contributed by atoms with E-state index in [1.807, 2.05) is 36.2 Å². The molecule has 0 bridgehead atoms. The van der Waals surface area contributed by atoms with E-state index in [1.54, 1.807) is 6.08 Å². The molecule has 0 aliphatic heterocycles. The zero-order valence-electron chi connectivity index (χ0n) is 5.99. The average Bonchev–Trinajstić information content (AvgIpc) is 2.31. The van der Waals surface area contributed by atoms with Gasteiger partial charge in [-0.3, -0.25) is 0 Å². The number of hydrogen-bond acceptors (Lipinski definition) is 1. The Morgan fingerprint density at radius 3 is 3.00 bits per heavy atom. The monoisotopic (exact) mass is 137 g/mol. The van der Waals surface area contributed by atoms with Gasteiger partial charge >= 0.3 is 0 Å². The van der Waals surface area contributed by atoms with Crippen LogP contribution in [-0.4, -0.2) is 16.3 Å². The number of aliphatic hydroxyl groups excluding tert-OH is 1. The molecule has 1 rings (SSSR count).